The van der Waals surface area contributed by atoms with E-state index in [1.165, 1.54) is 0 Å². The molecule has 92 valence electrons. The molecule has 1 amide bonds. The van der Waals surface area contributed by atoms with E-state index in [2.05, 4.69) is 0 Å². The molecule has 0 bridgehead atoms. The first-order valence-electron chi connectivity index (χ1n) is 5.63. The molecule has 4 heteroatoms. The molecule has 0 aromatic heterocycles. The molecule has 4 nitrogen and oxygen atoms in total. The first-order valence-corrected chi connectivity index (χ1v) is 5.63. The number of benzene rings is 1. The van der Waals surface area contributed by atoms with E-state index in [-0.39, 0.29) is 12.1 Å². The largest absolute Gasteiger partial charge is 0.346 e. The van der Waals surface area contributed by atoms with E-state index in [1.807, 2.05) is 32.0 Å². The molecule has 0 saturated carbocycles. The molecule has 1 aliphatic rings. The van der Waals surface area contributed by atoms with Crippen LogP contribution in [0.4, 0.5) is 0 Å². The van der Waals surface area contributed by atoms with Gasteiger partial charge in [0.2, 0.25) is 0 Å². The number of amides is 1. The minimum Gasteiger partial charge on any atom is -0.346 e. The normalized spacial score (nSPS) is 22.4. The summed E-state index contributed by atoms with van der Waals surface area (Å²) in [7, 11) is 1.73. The number of carbonyl (C=O) groups is 1. The van der Waals surface area contributed by atoms with Gasteiger partial charge in [-0.25, -0.2) is 0 Å². The number of carbonyl (C=O) groups excluding carboxylic acids is 1. The average molecular weight is 235 g/mol. The van der Waals surface area contributed by atoms with Crippen LogP contribution in [0.5, 0.6) is 0 Å². The van der Waals surface area contributed by atoms with Gasteiger partial charge in [-0.3, -0.25) is 4.79 Å². The zero-order valence-electron chi connectivity index (χ0n) is 10.3. The quantitative estimate of drug-likeness (QED) is 0.785. The third-order valence-corrected chi connectivity index (χ3v) is 2.77. The molecule has 0 spiro atoms. The van der Waals surface area contributed by atoms with Gasteiger partial charge in [-0.2, -0.15) is 0 Å². The van der Waals surface area contributed by atoms with Crippen molar-refractivity contribution in [1.29, 1.82) is 0 Å². The summed E-state index contributed by atoms with van der Waals surface area (Å²) in [6, 6.07) is 9.16. The summed E-state index contributed by atoms with van der Waals surface area (Å²) in [5.41, 5.74) is 0.656. The Morgan fingerprint density at radius 1 is 1.35 bits per heavy atom. The van der Waals surface area contributed by atoms with E-state index in [4.69, 9.17) is 9.47 Å². The van der Waals surface area contributed by atoms with Crippen molar-refractivity contribution in [2.45, 2.75) is 25.9 Å². The van der Waals surface area contributed by atoms with Gasteiger partial charge in [0, 0.05) is 12.6 Å². The first kappa shape index (κ1) is 12.1. The predicted octanol–water partition coefficient (Wildman–Crippen LogP) is 1.87. The van der Waals surface area contributed by atoms with Crippen molar-refractivity contribution in [1.82, 2.24) is 4.90 Å². The number of hydrogen-bond acceptors (Lipinski definition) is 3. The molecule has 1 heterocycles. The minimum atomic E-state index is -0.615. The third-order valence-electron chi connectivity index (χ3n) is 2.77. The Labute approximate surface area is 101 Å². The number of ether oxygens (including phenoxy) is 2. The average Bonchev–Trinajstić information content (AvgIpc) is 2.69. The third kappa shape index (κ3) is 2.65. The highest BCUT2D eigenvalue weighted by Crippen LogP contribution is 2.24. The molecule has 17 heavy (non-hydrogen) atoms. The molecule has 1 aromatic rings. The van der Waals surface area contributed by atoms with Crippen LogP contribution in [-0.4, -0.2) is 36.5 Å². The van der Waals surface area contributed by atoms with E-state index in [0.29, 0.717) is 12.2 Å². The van der Waals surface area contributed by atoms with Crippen LogP contribution in [0.2, 0.25) is 0 Å². The number of nitrogens with zero attached hydrogens (tertiary/aromatic N) is 1. The number of rotatable bonds is 2. The van der Waals surface area contributed by atoms with Crippen LogP contribution < -0.4 is 0 Å². The lowest BCUT2D eigenvalue weighted by Gasteiger charge is -2.24. The standard InChI is InChI=1S/C13H17NO3/c1-13(2)16-9-11(17-13)14(3)12(15)10-7-5-4-6-8-10/h4-8,11H,9H2,1-3H3. The SMILES string of the molecule is CN(C(=O)c1ccccc1)C1COC(C)(C)O1. The fourth-order valence-electron chi connectivity index (χ4n) is 1.77. The fraction of sp³-hybridized carbons (Fsp3) is 0.462. The topological polar surface area (TPSA) is 38.8 Å². The molecule has 2 rings (SSSR count). The highest BCUT2D eigenvalue weighted by Gasteiger charge is 2.36. The van der Waals surface area contributed by atoms with Crippen LogP contribution in [0.3, 0.4) is 0 Å². The van der Waals surface area contributed by atoms with E-state index in [0.717, 1.165) is 0 Å². The van der Waals surface area contributed by atoms with Crippen LogP contribution in [-0.2, 0) is 9.47 Å². The molecule has 1 unspecified atom stereocenters. The zero-order valence-corrected chi connectivity index (χ0v) is 10.3. The molecule has 1 atom stereocenters. The van der Waals surface area contributed by atoms with Crippen molar-refractivity contribution < 1.29 is 14.3 Å². The second-order valence-electron chi connectivity index (χ2n) is 4.57. The zero-order chi connectivity index (χ0) is 12.5. The lowest BCUT2D eigenvalue weighted by Crippen LogP contribution is -2.39. The van der Waals surface area contributed by atoms with Gasteiger partial charge in [-0.05, 0) is 26.0 Å². The van der Waals surface area contributed by atoms with Gasteiger partial charge in [-0.1, -0.05) is 18.2 Å². The molecule has 1 aromatic carbocycles. The molecular weight excluding hydrogens is 218 g/mol. The summed E-state index contributed by atoms with van der Waals surface area (Å²) in [6.45, 7) is 4.09. The van der Waals surface area contributed by atoms with Crippen LogP contribution in [0, 0.1) is 0 Å². The molecule has 0 radical (unpaired) electrons. The van der Waals surface area contributed by atoms with E-state index in [1.54, 1.807) is 24.1 Å². The Hall–Kier alpha value is -1.39. The van der Waals surface area contributed by atoms with Crippen LogP contribution in [0.25, 0.3) is 0 Å². The van der Waals surface area contributed by atoms with Crippen molar-refractivity contribution in [2.24, 2.45) is 0 Å². The molecule has 0 N–H and O–H groups in total. The highest BCUT2D eigenvalue weighted by molar-refractivity contribution is 5.94. The fourth-order valence-corrected chi connectivity index (χ4v) is 1.77. The Balaban J connectivity index is 2.06. The number of hydrogen-bond donors (Lipinski definition) is 0. The van der Waals surface area contributed by atoms with Gasteiger partial charge in [0.1, 0.15) is 0 Å². The van der Waals surface area contributed by atoms with Gasteiger partial charge >= 0.3 is 0 Å². The maximum absolute atomic E-state index is 12.1. The lowest BCUT2D eigenvalue weighted by atomic mass is 10.2. The maximum Gasteiger partial charge on any atom is 0.255 e. The Kier molecular flexibility index (Phi) is 3.17. The van der Waals surface area contributed by atoms with Crippen LogP contribution in [0.15, 0.2) is 30.3 Å². The van der Waals surface area contributed by atoms with Crippen molar-refractivity contribution in [3.8, 4) is 0 Å². The Morgan fingerprint density at radius 3 is 2.53 bits per heavy atom. The van der Waals surface area contributed by atoms with Crippen molar-refractivity contribution in [2.75, 3.05) is 13.7 Å². The van der Waals surface area contributed by atoms with Crippen molar-refractivity contribution in [3.05, 3.63) is 35.9 Å². The minimum absolute atomic E-state index is 0.0584. The summed E-state index contributed by atoms with van der Waals surface area (Å²) >= 11 is 0. The summed E-state index contributed by atoms with van der Waals surface area (Å²) in [5, 5.41) is 0. The number of likely N-dealkylation sites (N-methyl/N-ethyl adjacent to an activating group) is 1. The van der Waals surface area contributed by atoms with Gasteiger partial charge in [0.15, 0.2) is 12.0 Å². The molecule has 0 aliphatic carbocycles. The van der Waals surface area contributed by atoms with Crippen molar-refractivity contribution >= 4 is 5.91 Å². The smallest absolute Gasteiger partial charge is 0.255 e. The predicted molar refractivity (Wildman–Crippen MR) is 63.4 cm³/mol. The van der Waals surface area contributed by atoms with Gasteiger partial charge in [0.25, 0.3) is 5.91 Å². The van der Waals surface area contributed by atoms with E-state index < -0.39 is 5.79 Å². The summed E-state index contributed by atoms with van der Waals surface area (Å²) in [5.74, 6) is -0.674. The van der Waals surface area contributed by atoms with Crippen molar-refractivity contribution in [3.63, 3.8) is 0 Å². The molecule has 1 saturated heterocycles. The van der Waals surface area contributed by atoms with E-state index in [9.17, 15) is 4.79 Å². The van der Waals surface area contributed by atoms with Crippen LogP contribution >= 0.6 is 0 Å². The summed E-state index contributed by atoms with van der Waals surface area (Å²) < 4.78 is 11.1. The summed E-state index contributed by atoms with van der Waals surface area (Å²) in [6.07, 6.45) is -0.322. The first-order chi connectivity index (χ1) is 7.99. The van der Waals surface area contributed by atoms with Gasteiger partial charge in [0.05, 0.1) is 6.61 Å². The highest BCUT2D eigenvalue weighted by atomic mass is 16.8. The summed E-state index contributed by atoms with van der Waals surface area (Å²) in [4.78, 5) is 13.7. The Bertz CT molecular complexity index is 402. The maximum atomic E-state index is 12.1. The second-order valence-corrected chi connectivity index (χ2v) is 4.57. The lowest BCUT2D eigenvalue weighted by molar-refractivity contribution is -0.152. The second kappa shape index (κ2) is 4.47. The molecular formula is C13H17NO3. The monoisotopic (exact) mass is 235 g/mol. The van der Waals surface area contributed by atoms with Gasteiger partial charge in [-0.15, -0.1) is 0 Å². The molecule has 1 aliphatic heterocycles. The molecule has 1 fully saturated rings. The Morgan fingerprint density at radius 2 is 2.00 bits per heavy atom. The van der Waals surface area contributed by atoms with Crippen LogP contribution in [0.1, 0.15) is 24.2 Å². The van der Waals surface area contributed by atoms with Gasteiger partial charge < -0.3 is 14.4 Å². The van der Waals surface area contributed by atoms with E-state index >= 15 is 0 Å².